The minimum atomic E-state index is -0.314. The maximum absolute atomic E-state index is 13.2. The largest absolute Gasteiger partial charge is 0.326 e. The highest BCUT2D eigenvalue weighted by Gasteiger charge is 2.27. The average molecular weight is 507 g/mol. The molecule has 5 rings (SSSR count). The van der Waals surface area contributed by atoms with Gasteiger partial charge in [0, 0.05) is 22.4 Å². The van der Waals surface area contributed by atoms with Crippen molar-refractivity contribution in [2.45, 2.75) is 19.4 Å². The first-order chi connectivity index (χ1) is 16.1. The van der Waals surface area contributed by atoms with Gasteiger partial charge in [-0.05, 0) is 80.1 Å². The Hall–Kier alpha value is -3.03. The van der Waals surface area contributed by atoms with Crippen LogP contribution in [0.3, 0.4) is 0 Å². The average Bonchev–Trinajstić information content (AvgIpc) is 3.19. The summed E-state index contributed by atoms with van der Waals surface area (Å²) in [5, 5.41) is 2.93. The molecule has 1 fully saturated rings. The summed E-state index contributed by atoms with van der Waals surface area (Å²) in [5.41, 5.74) is 3.70. The van der Waals surface area contributed by atoms with Crippen molar-refractivity contribution in [3.8, 4) is 5.69 Å². The maximum atomic E-state index is 13.2. The SMILES string of the molecule is O=C(Nc1ccc(F)cc1)[C@H]1CCCN(Cc2nc3ccccc3n2-c2ccc(Br)cc2)C1. The van der Waals surface area contributed by atoms with Crippen LogP contribution in [0.25, 0.3) is 16.7 Å². The molecule has 0 spiro atoms. The van der Waals surface area contributed by atoms with Crippen LogP contribution >= 0.6 is 15.9 Å². The van der Waals surface area contributed by atoms with Crippen molar-refractivity contribution in [2.24, 2.45) is 5.92 Å². The molecule has 1 aromatic heterocycles. The number of piperidine rings is 1. The van der Waals surface area contributed by atoms with Crippen LogP contribution in [0, 0.1) is 11.7 Å². The topological polar surface area (TPSA) is 50.2 Å². The predicted molar refractivity (Wildman–Crippen MR) is 132 cm³/mol. The quantitative estimate of drug-likeness (QED) is 0.373. The molecule has 0 bridgehead atoms. The zero-order valence-electron chi connectivity index (χ0n) is 18.0. The number of nitrogens with one attached hydrogen (secondary N) is 1. The van der Waals surface area contributed by atoms with Gasteiger partial charge in [-0.15, -0.1) is 0 Å². The minimum absolute atomic E-state index is 0.0206. The van der Waals surface area contributed by atoms with Crippen molar-refractivity contribution in [1.82, 2.24) is 14.5 Å². The number of amides is 1. The zero-order chi connectivity index (χ0) is 22.8. The lowest BCUT2D eigenvalue weighted by atomic mass is 9.97. The molecule has 1 atom stereocenters. The number of benzene rings is 3. The van der Waals surface area contributed by atoms with Gasteiger partial charge in [0.1, 0.15) is 11.6 Å². The van der Waals surface area contributed by atoms with Crippen molar-refractivity contribution in [2.75, 3.05) is 18.4 Å². The van der Waals surface area contributed by atoms with E-state index >= 15 is 0 Å². The molecule has 0 radical (unpaired) electrons. The number of fused-ring (bicyclic) bond motifs is 1. The molecule has 1 aliphatic heterocycles. The van der Waals surface area contributed by atoms with Gasteiger partial charge in [-0.3, -0.25) is 14.3 Å². The van der Waals surface area contributed by atoms with Crippen LogP contribution in [-0.2, 0) is 11.3 Å². The molecule has 4 aromatic rings. The Kier molecular flexibility index (Phi) is 6.24. The van der Waals surface area contributed by atoms with Crippen LogP contribution in [0.5, 0.6) is 0 Å². The van der Waals surface area contributed by atoms with Gasteiger partial charge >= 0.3 is 0 Å². The Morgan fingerprint density at radius 2 is 1.82 bits per heavy atom. The maximum Gasteiger partial charge on any atom is 0.228 e. The second-order valence-electron chi connectivity index (χ2n) is 8.40. The third kappa shape index (κ3) is 4.84. The van der Waals surface area contributed by atoms with Crippen molar-refractivity contribution in [1.29, 1.82) is 0 Å². The number of hydrogen-bond acceptors (Lipinski definition) is 3. The standard InChI is InChI=1S/C26H24BrFN4O/c27-19-7-13-22(14-8-19)32-24-6-2-1-5-23(24)30-25(32)17-31-15-3-4-18(16-31)26(33)29-21-11-9-20(28)10-12-21/h1-2,5-14,18H,3-4,15-17H2,(H,29,33)/t18-/m0/s1. The van der Waals surface area contributed by atoms with Crippen LogP contribution < -0.4 is 5.32 Å². The first-order valence-electron chi connectivity index (χ1n) is 11.1. The highest BCUT2D eigenvalue weighted by atomic mass is 79.9. The van der Waals surface area contributed by atoms with E-state index in [2.05, 4.69) is 48.9 Å². The van der Waals surface area contributed by atoms with E-state index in [1.807, 2.05) is 30.3 Å². The fraction of sp³-hybridized carbons (Fsp3) is 0.231. The van der Waals surface area contributed by atoms with Crippen molar-refractivity contribution in [3.05, 3.63) is 88.9 Å². The number of nitrogens with zero attached hydrogens (tertiary/aromatic N) is 3. The lowest BCUT2D eigenvalue weighted by molar-refractivity contribution is -0.121. The van der Waals surface area contributed by atoms with Crippen LogP contribution in [0.4, 0.5) is 10.1 Å². The smallest absolute Gasteiger partial charge is 0.228 e. The second-order valence-corrected chi connectivity index (χ2v) is 9.31. The summed E-state index contributed by atoms with van der Waals surface area (Å²) in [4.78, 5) is 20.1. The summed E-state index contributed by atoms with van der Waals surface area (Å²) in [6, 6.07) is 22.3. The molecule has 0 aliphatic carbocycles. The molecule has 168 valence electrons. The molecule has 0 saturated carbocycles. The molecular formula is C26H24BrFN4O. The lowest BCUT2D eigenvalue weighted by Gasteiger charge is -2.31. The molecule has 1 N–H and O–H groups in total. The van der Waals surface area contributed by atoms with Gasteiger partial charge in [0.15, 0.2) is 0 Å². The van der Waals surface area contributed by atoms with E-state index in [1.165, 1.54) is 12.1 Å². The normalized spacial score (nSPS) is 16.7. The van der Waals surface area contributed by atoms with Gasteiger partial charge in [-0.1, -0.05) is 28.1 Å². The number of carbonyl (C=O) groups is 1. The number of halogens is 2. The zero-order valence-corrected chi connectivity index (χ0v) is 19.6. The first kappa shape index (κ1) is 21.8. The molecule has 5 nitrogen and oxygen atoms in total. The molecular weight excluding hydrogens is 483 g/mol. The van der Waals surface area contributed by atoms with Gasteiger partial charge in [0.2, 0.25) is 5.91 Å². The Balaban J connectivity index is 1.36. The summed E-state index contributed by atoms with van der Waals surface area (Å²) in [6.07, 6.45) is 1.78. The van der Waals surface area contributed by atoms with Gasteiger partial charge in [-0.2, -0.15) is 0 Å². The van der Waals surface area contributed by atoms with Gasteiger partial charge < -0.3 is 5.32 Å². The highest BCUT2D eigenvalue weighted by Crippen LogP contribution is 2.26. The molecule has 7 heteroatoms. The second kappa shape index (κ2) is 9.45. The van der Waals surface area contributed by atoms with E-state index in [0.29, 0.717) is 18.8 Å². The molecule has 3 aromatic carbocycles. The fourth-order valence-electron chi connectivity index (χ4n) is 4.45. The molecule has 1 aliphatic rings. The van der Waals surface area contributed by atoms with E-state index < -0.39 is 0 Å². The number of anilines is 1. The molecule has 1 saturated heterocycles. The molecule has 0 unspecified atom stereocenters. The third-order valence-corrected chi connectivity index (χ3v) is 6.60. The number of rotatable bonds is 5. The van der Waals surface area contributed by atoms with Crippen LogP contribution in [0.15, 0.2) is 77.3 Å². The molecule has 1 amide bonds. The van der Waals surface area contributed by atoms with Gasteiger partial charge in [0.25, 0.3) is 0 Å². The Bertz CT molecular complexity index is 1270. The Morgan fingerprint density at radius 3 is 2.61 bits per heavy atom. The third-order valence-electron chi connectivity index (χ3n) is 6.07. The minimum Gasteiger partial charge on any atom is -0.326 e. The number of likely N-dealkylation sites (tertiary alicyclic amines) is 1. The van der Waals surface area contributed by atoms with E-state index in [-0.39, 0.29) is 17.6 Å². The summed E-state index contributed by atoms with van der Waals surface area (Å²) < 4.78 is 16.4. The van der Waals surface area contributed by atoms with Gasteiger partial charge in [-0.25, -0.2) is 9.37 Å². The number of imidazole rings is 1. The van der Waals surface area contributed by atoms with E-state index in [9.17, 15) is 9.18 Å². The van der Waals surface area contributed by atoms with Crippen LogP contribution in [0.2, 0.25) is 0 Å². The molecule has 33 heavy (non-hydrogen) atoms. The predicted octanol–water partition coefficient (Wildman–Crippen LogP) is 5.78. The number of carbonyl (C=O) groups excluding carboxylic acids is 1. The van der Waals surface area contributed by atoms with Crippen LogP contribution in [-0.4, -0.2) is 33.4 Å². The number of para-hydroxylation sites is 2. The molecule has 2 heterocycles. The number of aromatic nitrogens is 2. The van der Waals surface area contributed by atoms with Gasteiger partial charge in [0.05, 0.1) is 23.5 Å². The fourth-order valence-corrected chi connectivity index (χ4v) is 4.72. The Labute approximate surface area is 200 Å². The van der Waals surface area contributed by atoms with Crippen molar-refractivity contribution >= 4 is 38.6 Å². The van der Waals surface area contributed by atoms with Crippen molar-refractivity contribution in [3.63, 3.8) is 0 Å². The summed E-state index contributed by atoms with van der Waals surface area (Å²) in [5.74, 6) is 0.505. The van der Waals surface area contributed by atoms with E-state index in [0.717, 1.165) is 46.4 Å². The van der Waals surface area contributed by atoms with Crippen LogP contribution in [0.1, 0.15) is 18.7 Å². The summed E-state index contributed by atoms with van der Waals surface area (Å²) >= 11 is 3.51. The summed E-state index contributed by atoms with van der Waals surface area (Å²) in [6.45, 7) is 2.24. The summed E-state index contributed by atoms with van der Waals surface area (Å²) in [7, 11) is 0. The monoisotopic (exact) mass is 506 g/mol. The van der Waals surface area contributed by atoms with E-state index in [1.54, 1.807) is 12.1 Å². The van der Waals surface area contributed by atoms with Crippen molar-refractivity contribution < 1.29 is 9.18 Å². The van der Waals surface area contributed by atoms with E-state index in [4.69, 9.17) is 4.98 Å². The highest BCUT2D eigenvalue weighted by molar-refractivity contribution is 9.10. The lowest BCUT2D eigenvalue weighted by Crippen LogP contribution is -2.40. The first-order valence-corrected chi connectivity index (χ1v) is 11.9. The Morgan fingerprint density at radius 1 is 1.06 bits per heavy atom. The number of hydrogen-bond donors (Lipinski definition) is 1.